The topological polar surface area (TPSA) is 57.7 Å². The standard InChI is InChI=1S/C20H19ClF4N2O3S/c21-18-7-6-16(13-17(18)20(23,24)25)31(29,30)27-11-9-26(10-12-27)19(28)8-3-14-1-4-15(22)5-2-14/h1-2,4-7,13H,3,8-12H2. The second-order valence-electron chi connectivity index (χ2n) is 7.05. The van der Waals surface area contributed by atoms with E-state index in [4.69, 9.17) is 11.6 Å². The number of alkyl halides is 3. The smallest absolute Gasteiger partial charge is 0.340 e. The number of benzene rings is 2. The normalized spacial score (nSPS) is 15.8. The van der Waals surface area contributed by atoms with E-state index >= 15 is 0 Å². The van der Waals surface area contributed by atoms with Crippen molar-refractivity contribution in [3.8, 4) is 0 Å². The minimum atomic E-state index is -4.78. The fourth-order valence-corrected chi connectivity index (χ4v) is 4.94. The second kappa shape index (κ2) is 9.13. The van der Waals surface area contributed by atoms with Gasteiger partial charge in [-0.3, -0.25) is 4.79 Å². The fraction of sp³-hybridized carbons (Fsp3) is 0.350. The van der Waals surface area contributed by atoms with E-state index in [2.05, 4.69) is 0 Å². The first-order valence-corrected chi connectivity index (χ1v) is 11.2. The summed E-state index contributed by atoms with van der Waals surface area (Å²) in [6, 6.07) is 8.27. The lowest BCUT2D eigenvalue weighted by Crippen LogP contribution is -2.50. The van der Waals surface area contributed by atoms with Crippen LogP contribution in [0, 0.1) is 5.82 Å². The molecule has 1 aliphatic heterocycles. The van der Waals surface area contributed by atoms with E-state index < -0.39 is 31.7 Å². The third kappa shape index (κ3) is 5.55. The van der Waals surface area contributed by atoms with Crippen molar-refractivity contribution in [3.63, 3.8) is 0 Å². The maximum atomic E-state index is 13.1. The Bertz CT molecular complexity index is 1050. The van der Waals surface area contributed by atoms with Crippen LogP contribution in [0.4, 0.5) is 17.6 Å². The first-order chi connectivity index (χ1) is 14.5. The van der Waals surface area contributed by atoms with Gasteiger partial charge in [-0.1, -0.05) is 23.7 Å². The summed E-state index contributed by atoms with van der Waals surface area (Å²) in [7, 11) is -4.17. The molecule has 1 amide bonds. The monoisotopic (exact) mass is 478 g/mol. The van der Waals surface area contributed by atoms with E-state index in [1.165, 1.54) is 17.0 Å². The maximum absolute atomic E-state index is 13.1. The molecule has 1 aliphatic rings. The maximum Gasteiger partial charge on any atom is 0.417 e. The molecule has 0 aromatic heterocycles. The Morgan fingerprint density at radius 3 is 2.19 bits per heavy atom. The quantitative estimate of drug-likeness (QED) is 0.611. The van der Waals surface area contributed by atoms with Gasteiger partial charge in [-0.2, -0.15) is 17.5 Å². The molecule has 5 nitrogen and oxygen atoms in total. The molecule has 2 aromatic rings. The average molecular weight is 479 g/mol. The fourth-order valence-electron chi connectivity index (χ4n) is 3.27. The summed E-state index contributed by atoms with van der Waals surface area (Å²) < 4.78 is 78.7. The minimum Gasteiger partial charge on any atom is -0.340 e. The predicted molar refractivity (Wildman–Crippen MR) is 107 cm³/mol. The number of halogens is 5. The van der Waals surface area contributed by atoms with Crippen molar-refractivity contribution in [1.29, 1.82) is 0 Å². The van der Waals surface area contributed by atoms with Gasteiger partial charge in [0.2, 0.25) is 15.9 Å². The van der Waals surface area contributed by atoms with Crippen LogP contribution >= 0.6 is 11.6 Å². The van der Waals surface area contributed by atoms with Crippen LogP contribution in [0.25, 0.3) is 0 Å². The SMILES string of the molecule is O=C(CCc1ccc(F)cc1)N1CCN(S(=O)(=O)c2ccc(Cl)c(C(F)(F)F)c2)CC1. The van der Waals surface area contributed by atoms with E-state index in [0.717, 1.165) is 22.0 Å². The molecule has 0 atom stereocenters. The van der Waals surface area contributed by atoms with Gasteiger partial charge in [-0.05, 0) is 42.3 Å². The van der Waals surface area contributed by atoms with Crippen LogP contribution in [-0.2, 0) is 27.4 Å². The van der Waals surface area contributed by atoms with Crippen LogP contribution in [0.15, 0.2) is 47.4 Å². The summed E-state index contributed by atoms with van der Waals surface area (Å²) in [5.74, 6) is -0.539. The van der Waals surface area contributed by atoms with Gasteiger partial charge < -0.3 is 4.90 Å². The van der Waals surface area contributed by atoms with Crippen molar-refractivity contribution >= 4 is 27.5 Å². The lowest BCUT2D eigenvalue weighted by molar-refractivity contribution is -0.137. The number of hydrogen-bond donors (Lipinski definition) is 0. The highest BCUT2D eigenvalue weighted by Crippen LogP contribution is 2.36. The highest BCUT2D eigenvalue weighted by atomic mass is 35.5. The molecular formula is C20H19ClF4N2O3S. The van der Waals surface area contributed by atoms with E-state index in [1.807, 2.05) is 0 Å². The van der Waals surface area contributed by atoms with Crippen molar-refractivity contribution in [2.75, 3.05) is 26.2 Å². The van der Waals surface area contributed by atoms with E-state index in [9.17, 15) is 30.8 Å². The van der Waals surface area contributed by atoms with Gasteiger partial charge in [0.1, 0.15) is 5.82 Å². The summed E-state index contributed by atoms with van der Waals surface area (Å²) in [5.41, 5.74) is -0.413. The zero-order chi connectivity index (χ0) is 22.8. The van der Waals surface area contributed by atoms with Crippen LogP contribution in [0.2, 0.25) is 5.02 Å². The van der Waals surface area contributed by atoms with Gasteiger partial charge >= 0.3 is 6.18 Å². The highest BCUT2D eigenvalue weighted by molar-refractivity contribution is 7.89. The highest BCUT2D eigenvalue weighted by Gasteiger charge is 2.36. The average Bonchev–Trinajstić information content (AvgIpc) is 2.72. The van der Waals surface area contributed by atoms with Gasteiger partial charge in [0.15, 0.2) is 0 Å². The van der Waals surface area contributed by atoms with Gasteiger partial charge in [-0.15, -0.1) is 0 Å². The molecule has 1 fully saturated rings. The summed E-state index contributed by atoms with van der Waals surface area (Å²) in [4.78, 5) is 13.4. The Labute approximate surface area is 182 Å². The summed E-state index contributed by atoms with van der Waals surface area (Å²) in [5, 5.41) is -0.581. The second-order valence-corrected chi connectivity index (χ2v) is 9.40. The zero-order valence-electron chi connectivity index (χ0n) is 16.2. The van der Waals surface area contributed by atoms with Crippen molar-refractivity contribution < 1.29 is 30.8 Å². The Hall–Kier alpha value is -2.17. The molecule has 168 valence electrons. The van der Waals surface area contributed by atoms with Crippen molar-refractivity contribution in [2.24, 2.45) is 0 Å². The van der Waals surface area contributed by atoms with E-state index in [-0.39, 0.29) is 44.3 Å². The number of rotatable bonds is 5. The minimum absolute atomic E-state index is 0.0331. The number of piperazine rings is 1. The Morgan fingerprint density at radius 2 is 1.61 bits per heavy atom. The largest absolute Gasteiger partial charge is 0.417 e. The van der Waals surface area contributed by atoms with Crippen LogP contribution < -0.4 is 0 Å². The van der Waals surface area contributed by atoms with Gasteiger partial charge in [-0.25, -0.2) is 12.8 Å². The lowest BCUT2D eigenvalue weighted by Gasteiger charge is -2.34. The molecule has 0 unspecified atom stereocenters. The van der Waals surface area contributed by atoms with E-state index in [1.54, 1.807) is 12.1 Å². The molecule has 2 aromatic carbocycles. The first kappa shape index (κ1) is 23.5. The van der Waals surface area contributed by atoms with Crippen molar-refractivity contribution in [3.05, 3.63) is 64.4 Å². The Kier molecular flexibility index (Phi) is 6.92. The number of carbonyl (C=O) groups excluding carboxylic acids is 1. The molecular weight excluding hydrogens is 460 g/mol. The Morgan fingerprint density at radius 1 is 1.00 bits per heavy atom. The molecule has 1 heterocycles. The molecule has 31 heavy (non-hydrogen) atoms. The molecule has 0 bridgehead atoms. The summed E-state index contributed by atoms with van der Waals surface area (Å²) in [6.07, 6.45) is -4.18. The lowest BCUT2D eigenvalue weighted by atomic mass is 10.1. The first-order valence-electron chi connectivity index (χ1n) is 9.37. The number of sulfonamides is 1. The predicted octanol–water partition coefficient (Wildman–Crippen LogP) is 3.96. The van der Waals surface area contributed by atoms with Crippen LogP contribution in [0.1, 0.15) is 17.5 Å². The molecule has 0 spiro atoms. The van der Waals surface area contributed by atoms with Gasteiger partial charge in [0.05, 0.1) is 15.5 Å². The third-order valence-corrected chi connectivity index (χ3v) is 7.24. The number of amides is 1. The molecule has 0 radical (unpaired) electrons. The van der Waals surface area contributed by atoms with Gasteiger partial charge in [0, 0.05) is 32.6 Å². The van der Waals surface area contributed by atoms with Crippen molar-refractivity contribution in [1.82, 2.24) is 9.21 Å². The zero-order valence-corrected chi connectivity index (χ0v) is 17.8. The van der Waals surface area contributed by atoms with E-state index in [0.29, 0.717) is 12.5 Å². The Balaban J connectivity index is 1.62. The molecule has 0 N–H and O–H groups in total. The van der Waals surface area contributed by atoms with Gasteiger partial charge in [0.25, 0.3) is 0 Å². The molecule has 1 saturated heterocycles. The molecule has 11 heteroatoms. The number of aryl methyl sites for hydroxylation is 1. The van der Waals surface area contributed by atoms with Crippen molar-refractivity contribution in [2.45, 2.75) is 23.9 Å². The molecule has 0 aliphatic carbocycles. The molecule has 3 rings (SSSR count). The van der Waals surface area contributed by atoms with Crippen LogP contribution in [-0.4, -0.2) is 49.7 Å². The number of nitrogens with zero attached hydrogens (tertiary/aromatic N) is 2. The van der Waals surface area contributed by atoms with Crippen LogP contribution in [0.3, 0.4) is 0 Å². The number of carbonyl (C=O) groups is 1. The third-order valence-electron chi connectivity index (χ3n) is 5.01. The molecule has 0 saturated carbocycles. The summed E-state index contributed by atoms with van der Waals surface area (Å²) in [6.45, 7) is 0.186. The summed E-state index contributed by atoms with van der Waals surface area (Å²) >= 11 is 5.56. The van der Waals surface area contributed by atoms with Crippen LogP contribution in [0.5, 0.6) is 0 Å². The number of hydrogen-bond acceptors (Lipinski definition) is 3.